The first kappa shape index (κ1) is 23.4. The number of nitrogens with zero attached hydrogens (tertiary/aromatic N) is 1. The van der Waals surface area contributed by atoms with Crippen LogP contribution in [-0.2, 0) is 14.3 Å². The summed E-state index contributed by atoms with van der Waals surface area (Å²) in [5.74, 6) is -1.51. The molecule has 4 amide bonds. The number of rotatable bonds is 5. The summed E-state index contributed by atoms with van der Waals surface area (Å²) in [5, 5.41) is 8.35. The minimum Gasteiger partial charge on any atom is -0.465 e. The molecule has 2 aromatic rings. The Morgan fingerprint density at radius 1 is 1.16 bits per heavy atom. The summed E-state index contributed by atoms with van der Waals surface area (Å²) in [4.78, 5) is 50.8. The molecule has 1 saturated heterocycles. The third-order valence-electron chi connectivity index (χ3n) is 4.73. The van der Waals surface area contributed by atoms with E-state index >= 15 is 0 Å². The van der Waals surface area contributed by atoms with E-state index in [-0.39, 0.29) is 40.8 Å². The number of amides is 4. The van der Waals surface area contributed by atoms with E-state index in [4.69, 9.17) is 23.2 Å². The molecule has 32 heavy (non-hydrogen) atoms. The van der Waals surface area contributed by atoms with Gasteiger partial charge in [0.2, 0.25) is 11.8 Å². The number of esters is 1. The van der Waals surface area contributed by atoms with Gasteiger partial charge in [0.1, 0.15) is 6.04 Å². The molecule has 0 aromatic heterocycles. The quantitative estimate of drug-likeness (QED) is 0.570. The van der Waals surface area contributed by atoms with Crippen LogP contribution in [0.15, 0.2) is 42.5 Å². The second kappa shape index (κ2) is 10.3. The molecule has 11 heteroatoms. The van der Waals surface area contributed by atoms with E-state index in [1.807, 2.05) is 0 Å². The molecule has 1 atom stereocenters. The Balaban J connectivity index is 1.71. The van der Waals surface area contributed by atoms with Gasteiger partial charge in [0.05, 0.1) is 34.8 Å². The molecule has 1 aliphatic rings. The van der Waals surface area contributed by atoms with Crippen molar-refractivity contribution in [2.24, 2.45) is 0 Å². The van der Waals surface area contributed by atoms with Gasteiger partial charge in [-0.1, -0.05) is 35.3 Å². The first-order valence-electron chi connectivity index (χ1n) is 9.57. The lowest BCUT2D eigenvalue weighted by Crippen LogP contribution is -2.59. The molecular formula is C21H20Cl2N4O5. The molecule has 9 nitrogen and oxygen atoms in total. The van der Waals surface area contributed by atoms with Crippen LogP contribution >= 0.6 is 23.2 Å². The number of urea groups is 1. The zero-order valence-corrected chi connectivity index (χ0v) is 18.5. The van der Waals surface area contributed by atoms with E-state index in [1.165, 1.54) is 18.1 Å². The third kappa shape index (κ3) is 5.49. The molecule has 0 saturated carbocycles. The normalized spacial score (nSPS) is 15.5. The zero-order valence-electron chi connectivity index (χ0n) is 17.0. The van der Waals surface area contributed by atoms with Gasteiger partial charge in [0.15, 0.2) is 0 Å². The molecule has 0 aliphatic carbocycles. The molecule has 3 rings (SSSR count). The van der Waals surface area contributed by atoms with Crippen molar-refractivity contribution < 1.29 is 23.9 Å². The van der Waals surface area contributed by atoms with Crippen molar-refractivity contribution in [1.82, 2.24) is 10.2 Å². The van der Waals surface area contributed by atoms with E-state index < -0.39 is 29.9 Å². The molecule has 2 aromatic carbocycles. The zero-order chi connectivity index (χ0) is 23.3. The van der Waals surface area contributed by atoms with Crippen LogP contribution < -0.4 is 16.0 Å². The summed E-state index contributed by atoms with van der Waals surface area (Å²) in [7, 11) is 1.26. The van der Waals surface area contributed by atoms with Crippen LogP contribution in [0.5, 0.6) is 0 Å². The molecule has 0 unspecified atom stereocenters. The van der Waals surface area contributed by atoms with E-state index in [0.29, 0.717) is 5.69 Å². The fourth-order valence-corrected chi connectivity index (χ4v) is 3.53. The van der Waals surface area contributed by atoms with Crippen molar-refractivity contribution in [2.45, 2.75) is 12.5 Å². The van der Waals surface area contributed by atoms with Crippen LogP contribution in [0.2, 0.25) is 10.0 Å². The maximum Gasteiger partial charge on any atom is 0.337 e. The van der Waals surface area contributed by atoms with Gasteiger partial charge in [-0.15, -0.1) is 0 Å². The van der Waals surface area contributed by atoms with Gasteiger partial charge in [-0.2, -0.15) is 0 Å². The SMILES string of the molecule is COC(=O)c1cccc(NC(=O)C[C@@H]2C(=O)NCCN2C(=O)Nc2cccc(Cl)c2Cl)c1. The van der Waals surface area contributed by atoms with Crippen LogP contribution in [0.1, 0.15) is 16.8 Å². The van der Waals surface area contributed by atoms with Crippen molar-refractivity contribution in [3.8, 4) is 0 Å². The second-order valence-electron chi connectivity index (χ2n) is 6.86. The maximum absolute atomic E-state index is 12.8. The van der Waals surface area contributed by atoms with E-state index in [0.717, 1.165) is 0 Å². The predicted octanol–water partition coefficient (Wildman–Crippen LogP) is 3.14. The van der Waals surface area contributed by atoms with Gasteiger partial charge in [-0.3, -0.25) is 9.59 Å². The van der Waals surface area contributed by atoms with E-state index in [1.54, 1.807) is 36.4 Å². The Hall–Kier alpha value is -3.30. The van der Waals surface area contributed by atoms with Gasteiger partial charge in [0, 0.05) is 18.8 Å². The van der Waals surface area contributed by atoms with Crippen molar-refractivity contribution >= 4 is 58.4 Å². The summed E-state index contributed by atoms with van der Waals surface area (Å²) in [6, 6.07) is 9.34. The van der Waals surface area contributed by atoms with Gasteiger partial charge >= 0.3 is 12.0 Å². The molecule has 1 heterocycles. The van der Waals surface area contributed by atoms with Gasteiger partial charge in [0.25, 0.3) is 0 Å². The molecule has 0 radical (unpaired) electrons. The molecule has 0 spiro atoms. The second-order valence-corrected chi connectivity index (χ2v) is 7.64. The Morgan fingerprint density at radius 3 is 2.66 bits per heavy atom. The highest BCUT2D eigenvalue weighted by molar-refractivity contribution is 6.44. The van der Waals surface area contributed by atoms with E-state index in [9.17, 15) is 19.2 Å². The lowest BCUT2D eigenvalue weighted by molar-refractivity contribution is -0.130. The third-order valence-corrected chi connectivity index (χ3v) is 5.55. The smallest absolute Gasteiger partial charge is 0.337 e. The highest BCUT2D eigenvalue weighted by atomic mass is 35.5. The Morgan fingerprint density at radius 2 is 1.91 bits per heavy atom. The van der Waals surface area contributed by atoms with E-state index in [2.05, 4.69) is 20.7 Å². The lowest BCUT2D eigenvalue weighted by atomic mass is 10.1. The molecule has 0 bridgehead atoms. The van der Waals surface area contributed by atoms with Crippen molar-refractivity contribution in [3.05, 3.63) is 58.1 Å². The van der Waals surface area contributed by atoms with Crippen LogP contribution in [0.4, 0.5) is 16.2 Å². The number of carbonyl (C=O) groups is 4. The van der Waals surface area contributed by atoms with Gasteiger partial charge in [-0.25, -0.2) is 9.59 Å². The minimum absolute atomic E-state index is 0.170. The molecule has 168 valence electrons. The monoisotopic (exact) mass is 478 g/mol. The topological polar surface area (TPSA) is 117 Å². The predicted molar refractivity (Wildman–Crippen MR) is 120 cm³/mol. The number of hydrogen-bond acceptors (Lipinski definition) is 5. The average molecular weight is 479 g/mol. The van der Waals surface area contributed by atoms with Crippen molar-refractivity contribution in [1.29, 1.82) is 0 Å². The highest BCUT2D eigenvalue weighted by Crippen LogP contribution is 2.30. The number of halogens is 2. The summed E-state index contributed by atoms with van der Waals surface area (Å²) >= 11 is 12.1. The molecule has 1 aliphatic heterocycles. The standard InChI is InChI=1S/C21H20Cl2N4O5/c1-32-20(30)12-4-2-5-13(10-12)25-17(28)11-16-19(29)24-8-9-27(16)21(31)26-15-7-3-6-14(22)18(15)23/h2-7,10,16H,8-9,11H2,1H3,(H,24,29)(H,25,28)(H,26,31)/t16-/m1/s1. The number of carbonyl (C=O) groups excluding carboxylic acids is 4. The molecule has 3 N–H and O–H groups in total. The number of ether oxygens (including phenoxy) is 1. The van der Waals surface area contributed by atoms with Crippen LogP contribution in [0, 0.1) is 0 Å². The first-order chi connectivity index (χ1) is 15.3. The average Bonchev–Trinajstić information content (AvgIpc) is 2.77. The number of hydrogen-bond donors (Lipinski definition) is 3. The molecule has 1 fully saturated rings. The first-order valence-corrected chi connectivity index (χ1v) is 10.3. The maximum atomic E-state index is 12.8. The summed E-state index contributed by atoms with van der Waals surface area (Å²) in [5.41, 5.74) is 0.911. The number of anilines is 2. The summed E-state index contributed by atoms with van der Waals surface area (Å²) in [6.45, 7) is 0.445. The number of methoxy groups -OCH3 is 1. The fourth-order valence-electron chi connectivity index (χ4n) is 3.18. The fraction of sp³-hybridized carbons (Fsp3) is 0.238. The van der Waals surface area contributed by atoms with Crippen molar-refractivity contribution in [3.63, 3.8) is 0 Å². The van der Waals surface area contributed by atoms with Crippen molar-refractivity contribution in [2.75, 3.05) is 30.8 Å². The number of nitrogens with one attached hydrogen (secondary N) is 3. The van der Waals surface area contributed by atoms with Gasteiger partial charge < -0.3 is 25.6 Å². The van der Waals surface area contributed by atoms with Crippen LogP contribution in [0.3, 0.4) is 0 Å². The largest absolute Gasteiger partial charge is 0.465 e. The number of piperazine rings is 1. The van der Waals surface area contributed by atoms with Crippen LogP contribution in [0.25, 0.3) is 0 Å². The van der Waals surface area contributed by atoms with Crippen LogP contribution in [-0.4, -0.2) is 55.0 Å². The Labute approximate surface area is 194 Å². The minimum atomic E-state index is -1.04. The molecular weight excluding hydrogens is 459 g/mol. The summed E-state index contributed by atoms with van der Waals surface area (Å²) < 4.78 is 4.66. The summed E-state index contributed by atoms with van der Waals surface area (Å²) in [6.07, 6.45) is -0.287. The number of benzene rings is 2. The van der Waals surface area contributed by atoms with Gasteiger partial charge in [-0.05, 0) is 30.3 Å². The Bertz CT molecular complexity index is 1060. The Kier molecular flexibility index (Phi) is 7.55. The lowest BCUT2D eigenvalue weighted by Gasteiger charge is -2.34. The highest BCUT2D eigenvalue weighted by Gasteiger charge is 2.35.